The molecule has 0 radical (unpaired) electrons. The molecule has 4 fully saturated rings. The zero-order chi connectivity index (χ0) is 20.7. The molecule has 0 spiro atoms. The van der Waals surface area contributed by atoms with Gasteiger partial charge in [-0.3, -0.25) is 0 Å². The van der Waals surface area contributed by atoms with Crippen molar-refractivity contribution in [1.82, 2.24) is 5.32 Å². The fraction of sp³-hybridized carbons (Fsp3) is 0.500. The lowest BCUT2D eigenvalue weighted by Crippen LogP contribution is -2.60. The third kappa shape index (κ3) is 4.00. The van der Waals surface area contributed by atoms with Crippen molar-refractivity contribution in [3.63, 3.8) is 0 Å². The van der Waals surface area contributed by atoms with Crippen molar-refractivity contribution in [3.05, 3.63) is 52.4 Å². The fourth-order valence-electron chi connectivity index (χ4n) is 6.32. The molecule has 158 valence electrons. The molecule has 6 rings (SSSR count). The molecule has 1 aromatic carbocycles. The standard InChI is InChI=1S/C24H28N2O2S2/c1-28-22(27)20-11-19(10-15-5-3-2-4-6-15)30-21(20)25-23(29)26-24-12-16-7-17(13-24)9-18(8-16)14-24/h2-6,11,16-18H,7-10,12-14H2,1H3,(H2,25,26,29). The molecule has 0 amide bonds. The van der Waals surface area contributed by atoms with E-state index in [0.29, 0.717) is 10.7 Å². The highest BCUT2D eigenvalue weighted by atomic mass is 32.1. The molecule has 4 aliphatic rings. The van der Waals surface area contributed by atoms with Gasteiger partial charge in [-0.15, -0.1) is 11.3 Å². The van der Waals surface area contributed by atoms with Crippen molar-refractivity contribution >= 4 is 39.6 Å². The first-order valence-electron chi connectivity index (χ1n) is 10.9. The Morgan fingerprint density at radius 2 is 1.77 bits per heavy atom. The molecular formula is C24H28N2O2S2. The number of rotatable bonds is 5. The third-order valence-corrected chi connectivity index (χ3v) is 8.31. The van der Waals surface area contributed by atoms with Gasteiger partial charge in [0.25, 0.3) is 0 Å². The van der Waals surface area contributed by atoms with E-state index >= 15 is 0 Å². The van der Waals surface area contributed by atoms with Crippen LogP contribution in [0.4, 0.5) is 5.00 Å². The van der Waals surface area contributed by atoms with E-state index in [0.717, 1.165) is 34.1 Å². The smallest absolute Gasteiger partial charge is 0.340 e. The number of thiophene rings is 1. The molecule has 4 nitrogen and oxygen atoms in total. The zero-order valence-corrected chi connectivity index (χ0v) is 18.9. The summed E-state index contributed by atoms with van der Waals surface area (Å²) in [5.41, 5.74) is 1.92. The van der Waals surface area contributed by atoms with Crippen LogP contribution in [0.2, 0.25) is 0 Å². The molecule has 6 heteroatoms. The zero-order valence-electron chi connectivity index (χ0n) is 17.3. The Morgan fingerprint density at radius 3 is 2.37 bits per heavy atom. The normalized spacial score (nSPS) is 28.9. The Morgan fingerprint density at radius 1 is 1.13 bits per heavy atom. The molecule has 1 aromatic heterocycles. The predicted molar refractivity (Wildman–Crippen MR) is 125 cm³/mol. The number of benzene rings is 1. The number of nitrogens with one attached hydrogen (secondary N) is 2. The number of ether oxygens (including phenoxy) is 1. The molecule has 2 aromatic rings. The minimum Gasteiger partial charge on any atom is -0.465 e. The average Bonchev–Trinajstić information content (AvgIpc) is 3.08. The van der Waals surface area contributed by atoms with Gasteiger partial charge >= 0.3 is 5.97 Å². The van der Waals surface area contributed by atoms with Crippen LogP contribution in [0.3, 0.4) is 0 Å². The highest BCUT2D eigenvalue weighted by Crippen LogP contribution is 2.55. The molecular weight excluding hydrogens is 412 g/mol. The first-order chi connectivity index (χ1) is 14.5. The minimum absolute atomic E-state index is 0.147. The van der Waals surface area contributed by atoms with E-state index in [1.54, 1.807) is 11.3 Å². The van der Waals surface area contributed by atoms with Gasteiger partial charge in [0.1, 0.15) is 5.00 Å². The summed E-state index contributed by atoms with van der Waals surface area (Å²) in [7, 11) is 1.42. The molecule has 4 aliphatic carbocycles. The van der Waals surface area contributed by atoms with Crippen LogP contribution in [0.5, 0.6) is 0 Å². The van der Waals surface area contributed by atoms with E-state index in [1.807, 2.05) is 24.3 Å². The maximum absolute atomic E-state index is 12.4. The van der Waals surface area contributed by atoms with Crippen molar-refractivity contribution in [1.29, 1.82) is 0 Å². The number of hydrogen-bond acceptors (Lipinski definition) is 4. The van der Waals surface area contributed by atoms with Gasteiger partial charge in [-0.1, -0.05) is 30.3 Å². The van der Waals surface area contributed by atoms with E-state index in [4.69, 9.17) is 17.0 Å². The number of thiocarbonyl (C=S) groups is 1. The van der Waals surface area contributed by atoms with E-state index in [9.17, 15) is 4.79 Å². The molecule has 0 atom stereocenters. The van der Waals surface area contributed by atoms with Crippen LogP contribution in [-0.4, -0.2) is 23.7 Å². The van der Waals surface area contributed by atoms with E-state index in [1.165, 1.54) is 51.2 Å². The monoisotopic (exact) mass is 440 g/mol. The summed E-state index contributed by atoms with van der Waals surface area (Å²) >= 11 is 7.30. The second kappa shape index (κ2) is 7.97. The third-order valence-electron chi connectivity index (χ3n) is 7.05. The summed E-state index contributed by atoms with van der Waals surface area (Å²) < 4.78 is 5.02. The summed E-state index contributed by atoms with van der Waals surface area (Å²) in [5.74, 6) is 2.25. The number of hydrogen-bond donors (Lipinski definition) is 2. The van der Waals surface area contributed by atoms with Gasteiger partial charge in [0, 0.05) is 16.8 Å². The summed E-state index contributed by atoms with van der Waals surface area (Å²) in [6, 6.07) is 12.2. The molecule has 30 heavy (non-hydrogen) atoms. The summed E-state index contributed by atoms with van der Waals surface area (Å²) in [6.45, 7) is 0. The Bertz CT molecular complexity index is 918. The summed E-state index contributed by atoms with van der Waals surface area (Å²) in [6.07, 6.45) is 8.69. The Labute approximate surface area is 187 Å². The fourth-order valence-corrected chi connectivity index (χ4v) is 7.79. The van der Waals surface area contributed by atoms with E-state index in [-0.39, 0.29) is 11.5 Å². The SMILES string of the molecule is COC(=O)c1cc(Cc2ccccc2)sc1NC(=S)NC12CC3CC(CC(C3)C1)C2. The van der Waals surface area contributed by atoms with Crippen LogP contribution >= 0.6 is 23.6 Å². The van der Waals surface area contributed by atoms with Crippen molar-refractivity contribution in [3.8, 4) is 0 Å². The lowest BCUT2D eigenvalue weighted by molar-refractivity contribution is -0.00972. The predicted octanol–water partition coefficient (Wildman–Crippen LogP) is 5.38. The molecule has 4 bridgehead atoms. The van der Waals surface area contributed by atoms with Gasteiger partial charge < -0.3 is 15.4 Å². The number of methoxy groups -OCH3 is 1. The van der Waals surface area contributed by atoms with Gasteiger partial charge in [-0.25, -0.2) is 4.79 Å². The van der Waals surface area contributed by atoms with Gasteiger partial charge in [0.05, 0.1) is 12.7 Å². The maximum atomic E-state index is 12.4. The molecule has 0 saturated heterocycles. The van der Waals surface area contributed by atoms with Crippen LogP contribution < -0.4 is 10.6 Å². The quantitative estimate of drug-likeness (QED) is 0.483. The van der Waals surface area contributed by atoms with Gasteiger partial charge in [0.2, 0.25) is 0 Å². The molecule has 1 heterocycles. The van der Waals surface area contributed by atoms with Gasteiger partial charge in [-0.05, 0) is 80.1 Å². The van der Waals surface area contributed by atoms with Gasteiger partial charge in [-0.2, -0.15) is 0 Å². The topological polar surface area (TPSA) is 50.4 Å². The molecule has 0 aliphatic heterocycles. The number of anilines is 1. The molecule has 0 unspecified atom stereocenters. The highest BCUT2D eigenvalue weighted by molar-refractivity contribution is 7.80. The number of carbonyl (C=O) groups excluding carboxylic acids is 1. The van der Waals surface area contributed by atoms with Crippen LogP contribution in [-0.2, 0) is 11.2 Å². The Balaban J connectivity index is 1.32. The lowest BCUT2D eigenvalue weighted by Gasteiger charge is -2.57. The van der Waals surface area contributed by atoms with Crippen LogP contribution in [0, 0.1) is 17.8 Å². The van der Waals surface area contributed by atoms with E-state index in [2.05, 4.69) is 22.8 Å². The average molecular weight is 441 g/mol. The van der Waals surface area contributed by atoms with Crippen LogP contribution in [0.15, 0.2) is 36.4 Å². The highest BCUT2D eigenvalue weighted by Gasteiger charge is 2.51. The lowest BCUT2D eigenvalue weighted by atomic mass is 9.53. The first kappa shape index (κ1) is 20.0. The Kier molecular flexibility index (Phi) is 5.31. The first-order valence-corrected chi connectivity index (χ1v) is 12.1. The molecule has 2 N–H and O–H groups in total. The second-order valence-corrected chi connectivity index (χ2v) is 10.9. The van der Waals surface area contributed by atoms with Crippen LogP contribution in [0.25, 0.3) is 0 Å². The van der Waals surface area contributed by atoms with E-state index < -0.39 is 0 Å². The summed E-state index contributed by atoms with van der Waals surface area (Å²) in [4.78, 5) is 13.5. The van der Waals surface area contributed by atoms with Crippen molar-refractivity contribution in [2.45, 2.75) is 50.5 Å². The molecule has 4 saturated carbocycles. The minimum atomic E-state index is -0.328. The summed E-state index contributed by atoms with van der Waals surface area (Å²) in [5, 5.41) is 8.44. The maximum Gasteiger partial charge on any atom is 0.340 e. The largest absolute Gasteiger partial charge is 0.465 e. The van der Waals surface area contributed by atoms with Crippen LogP contribution in [0.1, 0.15) is 59.3 Å². The van der Waals surface area contributed by atoms with Crippen molar-refractivity contribution in [2.24, 2.45) is 17.8 Å². The van der Waals surface area contributed by atoms with Gasteiger partial charge in [0.15, 0.2) is 5.11 Å². The van der Waals surface area contributed by atoms with Crippen molar-refractivity contribution < 1.29 is 9.53 Å². The van der Waals surface area contributed by atoms with Crippen molar-refractivity contribution in [2.75, 3.05) is 12.4 Å². The Hall–Kier alpha value is -1.92. The number of carbonyl (C=O) groups is 1. The second-order valence-electron chi connectivity index (χ2n) is 9.39. The number of esters is 1.